The van der Waals surface area contributed by atoms with Crippen LogP contribution in [0, 0.1) is 22.7 Å². The SMILES string of the molecule is CCC(C)C1(C)C=CC(C(C)(C)C)C2N=C(c3ccccc3)C(c3ccccc3)=NC21. The average molecular weight is 413 g/mol. The predicted octanol–water partition coefficient (Wildman–Crippen LogP) is 7.00. The molecule has 0 saturated heterocycles. The van der Waals surface area contributed by atoms with Crippen molar-refractivity contribution in [3.05, 3.63) is 83.9 Å². The summed E-state index contributed by atoms with van der Waals surface area (Å²) in [5.41, 5.74) is 4.48. The van der Waals surface area contributed by atoms with Gasteiger partial charge in [-0.1, -0.05) is 121 Å². The van der Waals surface area contributed by atoms with Gasteiger partial charge >= 0.3 is 0 Å². The van der Waals surface area contributed by atoms with E-state index in [1.165, 1.54) is 0 Å². The predicted molar refractivity (Wildman–Crippen MR) is 133 cm³/mol. The van der Waals surface area contributed by atoms with Crippen LogP contribution < -0.4 is 0 Å². The van der Waals surface area contributed by atoms with E-state index in [0.717, 1.165) is 29.0 Å². The Kier molecular flexibility index (Phi) is 5.77. The molecule has 5 atom stereocenters. The maximum atomic E-state index is 5.55. The molecule has 1 aliphatic carbocycles. The van der Waals surface area contributed by atoms with E-state index in [1.807, 2.05) is 0 Å². The Morgan fingerprint density at radius 3 is 1.87 bits per heavy atom. The Bertz CT molecular complexity index is 994. The number of fused-ring (bicyclic) bond motifs is 1. The van der Waals surface area contributed by atoms with Gasteiger partial charge in [-0.15, -0.1) is 0 Å². The molecule has 2 aromatic rings. The highest BCUT2D eigenvalue weighted by Crippen LogP contribution is 2.49. The van der Waals surface area contributed by atoms with E-state index in [2.05, 4.69) is 114 Å². The van der Waals surface area contributed by atoms with Gasteiger partial charge in [0.15, 0.2) is 0 Å². The van der Waals surface area contributed by atoms with Crippen molar-refractivity contribution in [1.29, 1.82) is 0 Å². The van der Waals surface area contributed by atoms with Crippen LogP contribution in [0.4, 0.5) is 0 Å². The molecule has 0 amide bonds. The van der Waals surface area contributed by atoms with Crippen molar-refractivity contribution in [2.24, 2.45) is 32.7 Å². The third-order valence-corrected chi connectivity index (χ3v) is 7.53. The van der Waals surface area contributed by atoms with Crippen molar-refractivity contribution >= 4 is 11.4 Å². The molecule has 2 aliphatic rings. The summed E-state index contributed by atoms with van der Waals surface area (Å²) in [7, 11) is 0. The summed E-state index contributed by atoms with van der Waals surface area (Å²) in [4.78, 5) is 11.1. The highest BCUT2D eigenvalue weighted by Gasteiger charge is 2.50. The Morgan fingerprint density at radius 1 is 0.871 bits per heavy atom. The molecule has 0 bridgehead atoms. The van der Waals surface area contributed by atoms with Gasteiger partial charge in [0.05, 0.1) is 23.5 Å². The topological polar surface area (TPSA) is 24.7 Å². The molecule has 0 N–H and O–H groups in total. The zero-order chi connectivity index (χ0) is 22.2. The largest absolute Gasteiger partial charge is 0.276 e. The summed E-state index contributed by atoms with van der Waals surface area (Å²) in [6.07, 6.45) is 6.05. The fraction of sp³-hybridized carbons (Fsp3) is 0.448. The van der Waals surface area contributed by atoms with Crippen molar-refractivity contribution in [1.82, 2.24) is 0 Å². The molecule has 162 valence electrons. The second-order valence-electron chi connectivity index (χ2n) is 10.5. The molecule has 0 spiro atoms. The summed E-state index contributed by atoms with van der Waals surface area (Å²) in [6, 6.07) is 21.5. The van der Waals surface area contributed by atoms with Crippen LogP contribution >= 0.6 is 0 Å². The molecular formula is C29H36N2. The zero-order valence-electron chi connectivity index (χ0n) is 19.8. The van der Waals surface area contributed by atoms with Crippen LogP contribution in [0.2, 0.25) is 0 Å². The first-order valence-corrected chi connectivity index (χ1v) is 11.7. The molecule has 2 nitrogen and oxygen atoms in total. The van der Waals surface area contributed by atoms with Crippen molar-refractivity contribution in [3.8, 4) is 0 Å². The lowest BCUT2D eigenvalue weighted by Crippen LogP contribution is -2.53. The minimum atomic E-state index is -0.00703. The molecule has 0 aromatic heterocycles. The smallest absolute Gasteiger partial charge is 0.0909 e. The molecule has 1 heterocycles. The number of hydrogen-bond donors (Lipinski definition) is 0. The summed E-state index contributed by atoms with van der Waals surface area (Å²) in [6.45, 7) is 14.0. The van der Waals surface area contributed by atoms with Gasteiger partial charge in [-0.2, -0.15) is 0 Å². The van der Waals surface area contributed by atoms with E-state index in [1.54, 1.807) is 0 Å². The number of aliphatic imine (C=N–C) groups is 2. The number of hydrogen-bond acceptors (Lipinski definition) is 2. The van der Waals surface area contributed by atoms with Gasteiger partial charge in [0.1, 0.15) is 0 Å². The maximum Gasteiger partial charge on any atom is 0.0909 e. The van der Waals surface area contributed by atoms with E-state index in [-0.39, 0.29) is 22.9 Å². The molecule has 0 fully saturated rings. The average Bonchev–Trinajstić information content (AvgIpc) is 2.78. The second-order valence-corrected chi connectivity index (χ2v) is 10.5. The molecule has 4 rings (SSSR count). The number of rotatable bonds is 4. The molecule has 0 saturated carbocycles. The Balaban J connectivity index is 1.94. The minimum Gasteiger partial charge on any atom is -0.276 e. The van der Waals surface area contributed by atoms with E-state index >= 15 is 0 Å². The second kappa shape index (κ2) is 8.22. The van der Waals surface area contributed by atoms with E-state index in [0.29, 0.717) is 11.8 Å². The van der Waals surface area contributed by atoms with Crippen LogP contribution in [-0.4, -0.2) is 23.5 Å². The van der Waals surface area contributed by atoms with Gasteiger partial charge in [0, 0.05) is 22.5 Å². The molecule has 2 aromatic carbocycles. The quantitative estimate of drug-likeness (QED) is 0.483. The summed E-state index contributed by atoms with van der Waals surface area (Å²) in [5.74, 6) is 0.890. The fourth-order valence-electron chi connectivity index (χ4n) is 5.18. The Hall–Kier alpha value is -2.48. The van der Waals surface area contributed by atoms with Gasteiger partial charge in [0.25, 0.3) is 0 Å². The normalized spacial score (nSPS) is 29.0. The van der Waals surface area contributed by atoms with E-state index in [4.69, 9.17) is 9.98 Å². The molecule has 1 aliphatic heterocycles. The van der Waals surface area contributed by atoms with E-state index < -0.39 is 0 Å². The van der Waals surface area contributed by atoms with Crippen LogP contribution in [0.3, 0.4) is 0 Å². The first kappa shape index (κ1) is 21.7. The molecule has 2 heteroatoms. The van der Waals surface area contributed by atoms with Crippen molar-refractivity contribution in [2.75, 3.05) is 0 Å². The van der Waals surface area contributed by atoms with Gasteiger partial charge < -0.3 is 0 Å². The first-order valence-electron chi connectivity index (χ1n) is 11.7. The lowest BCUT2D eigenvalue weighted by molar-refractivity contribution is 0.125. The van der Waals surface area contributed by atoms with Crippen LogP contribution in [0.15, 0.2) is 82.8 Å². The third-order valence-electron chi connectivity index (χ3n) is 7.53. The molecular weight excluding hydrogens is 376 g/mol. The van der Waals surface area contributed by atoms with Crippen molar-refractivity contribution < 1.29 is 0 Å². The number of benzene rings is 2. The zero-order valence-corrected chi connectivity index (χ0v) is 19.8. The Labute approximate surface area is 188 Å². The first-order chi connectivity index (χ1) is 14.8. The Morgan fingerprint density at radius 2 is 1.39 bits per heavy atom. The highest BCUT2D eigenvalue weighted by atomic mass is 15.0. The monoisotopic (exact) mass is 412 g/mol. The lowest BCUT2D eigenvalue weighted by atomic mass is 9.59. The van der Waals surface area contributed by atoms with Crippen molar-refractivity contribution in [3.63, 3.8) is 0 Å². The maximum absolute atomic E-state index is 5.55. The van der Waals surface area contributed by atoms with Gasteiger partial charge in [-0.05, 0) is 11.3 Å². The van der Waals surface area contributed by atoms with E-state index in [9.17, 15) is 0 Å². The molecule has 5 unspecified atom stereocenters. The number of nitrogens with zero attached hydrogens (tertiary/aromatic N) is 2. The summed E-state index contributed by atoms with van der Waals surface area (Å²) < 4.78 is 0. The molecule has 31 heavy (non-hydrogen) atoms. The van der Waals surface area contributed by atoms with Gasteiger partial charge in [-0.25, -0.2) is 0 Å². The van der Waals surface area contributed by atoms with Crippen LogP contribution in [0.5, 0.6) is 0 Å². The van der Waals surface area contributed by atoms with Crippen LogP contribution in [0.1, 0.15) is 59.1 Å². The standard InChI is InChI=1S/C29H36N2/c1-7-20(2)29(6)19-18-23(28(3,4)5)26-27(29)31-25(22-16-12-9-13-17-22)24(30-26)21-14-10-8-11-15-21/h8-20,23,26-27H,7H2,1-6H3. The summed E-state index contributed by atoms with van der Waals surface area (Å²) >= 11 is 0. The fourth-order valence-corrected chi connectivity index (χ4v) is 5.18. The lowest BCUT2D eigenvalue weighted by Gasteiger charge is -2.50. The van der Waals surface area contributed by atoms with Crippen LogP contribution in [0.25, 0.3) is 0 Å². The molecule has 0 radical (unpaired) electrons. The van der Waals surface area contributed by atoms with Gasteiger partial charge in [-0.3, -0.25) is 9.98 Å². The highest BCUT2D eigenvalue weighted by molar-refractivity contribution is 6.54. The van der Waals surface area contributed by atoms with Gasteiger partial charge in [0.2, 0.25) is 0 Å². The van der Waals surface area contributed by atoms with Crippen molar-refractivity contribution in [2.45, 2.75) is 60.0 Å². The summed E-state index contributed by atoms with van der Waals surface area (Å²) in [5, 5.41) is 0. The van der Waals surface area contributed by atoms with Crippen LogP contribution in [-0.2, 0) is 0 Å². The third kappa shape index (κ3) is 3.93. The minimum absolute atomic E-state index is 0.00703.